The average molecular weight is 358 g/mol. The van der Waals surface area contributed by atoms with E-state index in [0.29, 0.717) is 30.2 Å². The molecule has 3 aromatic rings. The van der Waals surface area contributed by atoms with Gasteiger partial charge in [-0.3, -0.25) is 4.79 Å². The Bertz CT molecular complexity index is 928. The minimum atomic E-state index is -0.00505. The van der Waals surface area contributed by atoms with Crippen molar-refractivity contribution in [1.29, 1.82) is 0 Å². The zero-order chi connectivity index (χ0) is 18.6. The quantitative estimate of drug-likeness (QED) is 0.781. The topological polar surface area (TPSA) is 58.1 Å². The number of amides is 1. The standard InChI is InChI=1S/C22H22N4O/c1-16-19(14-24-21(25-16)18-10-6-3-7-11-18)22(27)26-13-12-23-20(15-26)17-8-4-2-5-9-17/h2-11,14,20,23H,12-13,15H2,1H3. The molecule has 1 aliphatic rings. The SMILES string of the molecule is Cc1nc(-c2ccccc2)ncc1C(=O)N1CCNC(c2ccccc2)C1. The predicted molar refractivity (Wildman–Crippen MR) is 105 cm³/mol. The first kappa shape index (κ1) is 17.4. The highest BCUT2D eigenvalue weighted by atomic mass is 16.2. The second-order valence-electron chi connectivity index (χ2n) is 6.73. The first-order valence-corrected chi connectivity index (χ1v) is 9.19. The van der Waals surface area contributed by atoms with Crippen LogP contribution >= 0.6 is 0 Å². The van der Waals surface area contributed by atoms with Crippen LogP contribution in [0.2, 0.25) is 0 Å². The van der Waals surface area contributed by atoms with Gasteiger partial charge in [-0.1, -0.05) is 60.7 Å². The van der Waals surface area contributed by atoms with Gasteiger partial charge < -0.3 is 10.2 Å². The van der Waals surface area contributed by atoms with Crippen molar-refractivity contribution in [2.24, 2.45) is 0 Å². The molecule has 2 aromatic carbocycles. The number of carbonyl (C=O) groups is 1. The first-order valence-electron chi connectivity index (χ1n) is 9.19. The lowest BCUT2D eigenvalue weighted by Gasteiger charge is -2.34. The summed E-state index contributed by atoms with van der Waals surface area (Å²) in [5.41, 5.74) is 3.43. The van der Waals surface area contributed by atoms with Crippen molar-refractivity contribution in [1.82, 2.24) is 20.2 Å². The van der Waals surface area contributed by atoms with Gasteiger partial charge in [0.1, 0.15) is 0 Å². The highest BCUT2D eigenvalue weighted by Crippen LogP contribution is 2.20. The molecule has 0 saturated carbocycles. The van der Waals surface area contributed by atoms with Gasteiger partial charge in [-0.05, 0) is 12.5 Å². The van der Waals surface area contributed by atoms with Crippen molar-refractivity contribution in [3.8, 4) is 11.4 Å². The van der Waals surface area contributed by atoms with Crippen LogP contribution in [0.1, 0.15) is 27.7 Å². The summed E-state index contributed by atoms with van der Waals surface area (Å²) >= 11 is 0. The van der Waals surface area contributed by atoms with E-state index < -0.39 is 0 Å². The van der Waals surface area contributed by atoms with Crippen molar-refractivity contribution in [3.63, 3.8) is 0 Å². The summed E-state index contributed by atoms with van der Waals surface area (Å²) in [5.74, 6) is 0.640. The molecular weight excluding hydrogens is 336 g/mol. The van der Waals surface area contributed by atoms with E-state index in [4.69, 9.17) is 0 Å². The number of piperazine rings is 1. The predicted octanol–water partition coefficient (Wildman–Crippen LogP) is 3.24. The van der Waals surface area contributed by atoms with Crippen LogP contribution < -0.4 is 5.32 Å². The third kappa shape index (κ3) is 3.73. The number of carbonyl (C=O) groups excluding carboxylic acids is 1. The van der Waals surface area contributed by atoms with Crippen LogP contribution in [-0.4, -0.2) is 40.4 Å². The van der Waals surface area contributed by atoms with E-state index in [-0.39, 0.29) is 11.9 Å². The molecule has 1 fully saturated rings. The fraction of sp³-hybridized carbons (Fsp3) is 0.227. The Hall–Kier alpha value is -3.05. The van der Waals surface area contributed by atoms with E-state index in [1.165, 1.54) is 5.56 Å². The van der Waals surface area contributed by atoms with Gasteiger partial charge in [-0.2, -0.15) is 0 Å². The fourth-order valence-corrected chi connectivity index (χ4v) is 3.42. The molecule has 1 amide bonds. The molecule has 1 atom stereocenters. The average Bonchev–Trinajstić information content (AvgIpc) is 2.74. The van der Waals surface area contributed by atoms with E-state index in [2.05, 4.69) is 27.4 Å². The normalized spacial score (nSPS) is 16.9. The summed E-state index contributed by atoms with van der Waals surface area (Å²) in [6.07, 6.45) is 1.66. The number of aromatic nitrogens is 2. The maximum absolute atomic E-state index is 13.1. The molecule has 5 heteroatoms. The van der Waals surface area contributed by atoms with Crippen LogP contribution in [0.3, 0.4) is 0 Å². The molecular formula is C22H22N4O. The van der Waals surface area contributed by atoms with Gasteiger partial charge in [0, 0.05) is 37.4 Å². The zero-order valence-electron chi connectivity index (χ0n) is 15.3. The van der Waals surface area contributed by atoms with Crippen LogP contribution in [0.4, 0.5) is 0 Å². The highest BCUT2D eigenvalue weighted by Gasteiger charge is 2.26. The van der Waals surface area contributed by atoms with E-state index in [1.54, 1.807) is 6.20 Å². The molecule has 0 aliphatic carbocycles. The van der Waals surface area contributed by atoms with Gasteiger partial charge in [0.15, 0.2) is 5.82 Å². The third-order valence-corrected chi connectivity index (χ3v) is 4.91. The number of hydrogen-bond donors (Lipinski definition) is 1. The summed E-state index contributed by atoms with van der Waals surface area (Å²) < 4.78 is 0. The minimum Gasteiger partial charge on any atom is -0.335 e. The molecule has 1 aromatic heterocycles. The fourth-order valence-electron chi connectivity index (χ4n) is 3.42. The summed E-state index contributed by atoms with van der Waals surface area (Å²) in [6.45, 7) is 3.97. The Morgan fingerprint density at radius 3 is 2.48 bits per heavy atom. The van der Waals surface area contributed by atoms with Gasteiger partial charge in [-0.25, -0.2) is 9.97 Å². The lowest BCUT2D eigenvalue weighted by molar-refractivity contribution is 0.0701. The molecule has 0 radical (unpaired) electrons. The number of hydrogen-bond acceptors (Lipinski definition) is 4. The van der Waals surface area contributed by atoms with Crippen LogP contribution in [0.5, 0.6) is 0 Å². The van der Waals surface area contributed by atoms with E-state index in [9.17, 15) is 4.79 Å². The van der Waals surface area contributed by atoms with Crippen molar-refractivity contribution in [2.45, 2.75) is 13.0 Å². The molecule has 1 saturated heterocycles. The van der Waals surface area contributed by atoms with Gasteiger partial charge in [-0.15, -0.1) is 0 Å². The first-order chi connectivity index (χ1) is 13.2. The Morgan fingerprint density at radius 2 is 1.78 bits per heavy atom. The maximum Gasteiger partial charge on any atom is 0.257 e. The van der Waals surface area contributed by atoms with Crippen molar-refractivity contribution in [3.05, 3.63) is 83.7 Å². The summed E-state index contributed by atoms with van der Waals surface area (Å²) in [7, 11) is 0. The zero-order valence-corrected chi connectivity index (χ0v) is 15.3. The Morgan fingerprint density at radius 1 is 1.07 bits per heavy atom. The van der Waals surface area contributed by atoms with Crippen LogP contribution in [0.15, 0.2) is 66.9 Å². The molecule has 1 N–H and O–H groups in total. The van der Waals surface area contributed by atoms with E-state index in [0.717, 1.165) is 12.1 Å². The molecule has 27 heavy (non-hydrogen) atoms. The molecule has 0 bridgehead atoms. The maximum atomic E-state index is 13.1. The smallest absolute Gasteiger partial charge is 0.257 e. The van der Waals surface area contributed by atoms with Crippen LogP contribution in [0, 0.1) is 6.92 Å². The molecule has 136 valence electrons. The number of rotatable bonds is 3. The summed E-state index contributed by atoms with van der Waals surface area (Å²) in [4.78, 5) is 23.9. The lowest BCUT2D eigenvalue weighted by atomic mass is 10.0. The van der Waals surface area contributed by atoms with Crippen molar-refractivity contribution in [2.75, 3.05) is 19.6 Å². The number of aryl methyl sites for hydroxylation is 1. The van der Waals surface area contributed by atoms with Gasteiger partial charge in [0.05, 0.1) is 11.3 Å². The number of nitrogens with zero attached hydrogens (tertiary/aromatic N) is 3. The molecule has 0 spiro atoms. The summed E-state index contributed by atoms with van der Waals surface area (Å²) in [5, 5.41) is 3.49. The largest absolute Gasteiger partial charge is 0.335 e. The van der Waals surface area contributed by atoms with Crippen LogP contribution in [-0.2, 0) is 0 Å². The highest BCUT2D eigenvalue weighted by molar-refractivity contribution is 5.95. The van der Waals surface area contributed by atoms with Gasteiger partial charge in [0.2, 0.25) is 0 Å². The third-order valence-electron chi connectivity index (χ3n) is 4.91. The van der Waals surface area contributed by atoms with E-state index in [1.807, 2.05) is 60.4 Å². The Balaban J connectivity index is 1.54. The van der Waals surface area contributed by atoms with Crippen LogP contribution in [0.25, 0.3) is 11.4 Å². The second kappa shape index (κ2) is 7.68. The van der Waals surface area contributed by atoms with Crippen molar-refractivity contribution >= 4 is 5.91 Å². The van der Waals surface area contributed by atoms with Gasteiger partial charge >= 0.3 is 0 Å². The second-order valence-corrected chi connectivity index (χ2v) is 6.73. The molecule has 4 rings (SSSR count). The Kier molecular flexibility index (Phi) is 4.94. The molecule has 5 nitrogen and oxygen atoms in total. The summed E-state index contributed by atoms with van der Waals surface area (Å²) in [6, 6.07) is 20.2. The molecule has 2 heterocycles. The number of nitrogens with one attached hydrogen (secondary N) is 1. The lowest BCUT2D eigenvalue weighted by Crippen LogP contribution is -2.48. The van der Waals surface area contributed by atoms with E-state index >= 15 is 0 Å². The monoisotopic (exact) mass is 358 g/mol. The molecule has 1 unspecified atom stereocenters. The van der Waals surface area contributed by atoms with Crippen molar-refractivity contribution < 1.29 is 4.79 Å². The Labute approximate surface area is 159 Å². The van der Waals surface area contributed by atoms with Gasteiger partial charge in [0.25, 0.3) is 5.91 Å². The molecule has 1 aliphatic heterocycles. The minimum absolute atomic E-state index is 0.00505. The number of benzene rings is 2.